The Morgan fingerprint density at radius 1 is 1.03 bits per heavy atom. The van der Waals surface area contributed by atoms with E-state index in [1.807, 2.05) is 49.1 Å². The third-order valence-corrected chi connectivity index (χ3v) is 7.20. The third kappa shape index (κ3) is 2.78. The Balaban J connectivity index is 1.31. The van der Waals surface area contributed by atoms with E-state index >= 15 is 0 Å². The van der Waals surface area contributed by atoms with Crippen molar-refractivity contribution < 1.29 is 23.8 Å². The van der Waals surface area contributed by atoms with Gasteiger partial charge < -0.3 is 23.9 Å². The summed E-state index contributed by atoms with van der Waals surface area (Å²) in [4.78, 5) is 15.5. The number of carbonyl (C=O) groups excluding carboxylic acids is 1. The third-order valence-electron chi connectivity index (χ3n) is 7.20. The highest BCUT2D eigenvalue weighted by Gasteiger charge is 2.51. The van der Waals surface area contributed by atoms with Gasteiger partial charge in [-0.05, 0) is 56.5 Å². The predicted molar refractivity (Wildman–Crippen MR) is 114 cm³/mol. The molecule has 2 atom stereocenters. The average molecular weight is 419 g/mol. The maximum Gasteiger partial charge on any atom is 0.290 e. The fourth-order valence-electron chi connectivity index (χ4n) is 5.63. The molecule has 1 N–H and O–H groups in total. The van der Waals surface area contributed by atoms with Crippen molar-refractivity contribution in [2.24, 2.45) is 0 Å². The minimum absolute atomic E-state index is 0.0176. The molecule has 2 bridgehead atoms. The lowest BCUT2D eigenvalue weighted by atomic mass is 9.80. The lowest BCUT2D eigenvalue weighted by Crippen LogP contribution is -2.52. The van der Waals surface area contributed by atoms with Gasteiger partial charge in [0.25, 0.3) is 5.91 Å². The van der Waals surface area contributed by atoms with E-state index in [9.17, 15) is 9.90 Å². The number of carbonyl (C=O) groups is 1. The van der Waals surface area contributed by atoms with Crippen molar-refractivity contribution in [1.82, 2.24) is 4.90 Å². The molecular weight excluding hydrogens is 394 g/mol. The molecule has 4 heterocycles. The summed E-state index contributed by atoms with van der Waals surface area (Å²) in [5, 5.41) is 12.6. The Labute approximate surface area is 180 Å². The number of hydrogen-bond acceptors (Lipinski definition) is 5. The van der Waals surface area contributed by atoms with Crippen LogP contribution in [0.4, 0.5) is 0 Å². The first kappa shape index (κ1) is 18.8. The second-order valence-corrected chi connectivity index (χ2v) is 9.16. The Morgan fingerprint density at radius 3 is 2.55 bits per heavy atom. The molecule has 3 aliphatic heterocycles. The lowest BCUT2D eigenvalue weighted by Gasteiger charge is -2.43. The molecular formula is C25H25NO5. The van der Waals surface area contributed by atoms with Gasteiger partial charge in [0, 0.05) is 35.9 Å². The summed E-state index contributed by atoms with van der Waals surface area (Å²) < 4.78 is 16.9. The van der Waals surface area contributed by atoms with Crippen LogP contribution < -0.4 is 9.47 Å². The first-order valence-corrected chi connectivity index (χ1v) is 10.9. The molecule has 3 aliphatic rings. The van der Waals surface area contributed by atoms with Crippen molar-refractivity contribution in [3.05, 3.63) is 58.8 Å². The van der Waals surface area contributed by atoms with Crippen LogP contribution in [0, 0.1) is 13.8 Å². The number of hydrogen-bond donors (Lipinski definition) is 1. The van der Waals surface area contributed by atoms with Crippen LogP contribution in [0.1, 0.15) is 52.9 Å². The van der Waals surface area contributed by atoms with Gasteiger partial charge >= 0.3 is 0 Å². The molecule has 2 fully saturated rings. The zero-order valence-corrected chi connectivity index (χ0v) is 17.7. The Morgan fingerprint density at radius 2 is 1.77 bits per heavy atom. The molecule has 0 unspecified atom stereocenters. The summed E-state index contributed by atoms with van der Waals surface area (Å²) in [6.07, 6.45) is 2.80. The Kier molecular flexibility index (Phi) is 3.93. The zero-order chi connectivity index (χ0) is 21.3. The molecule has 1 aromatic heterocycles. The number of aliphatic hydroxyl groups is 1. The van der Waals surface area contributed by atoms with Crippen LogP contribution in [0.3, 0.4) is 0 Å². The molecule has 2 saturated heterocycles. The largest absolute Gasteiger partial charge is 0.454 e. The van der Waals surface area contributed by atoms with Crippen LogP contribution in [0.5, 0.6) is 11.5 Å². The van der Waals surface area contributed by atoms with Crippen molar-refractivity contribution in [3.8, 4) is 11.5 Å². The average Bonchev–Trinajstić information content (AvgIpc) is 3.42. The van der Waals surface area contributed by atoms with Crippen molar-refractivity contribution in [2.75, 3.05) is 6.79 Å². The summed E-state index contributed by atoms with van der Waals surface area (Å²) in [5.41, 5.74) is 2.62. The van der Waals surface area contributed by atoms with Crippen LogP contribution in [-0.4, -0.2) is 34.8 Å². The first-order chi connectivity index (χ1) is 14.9. The van der Waals surface area contributed by atoms with Gasteiger partial charge in [-0.25, -0.2) is 0 Å². The molecule has 0 saturated carbocycles. The van der Waals surface area contributed by atoms with Gasteiger partial charge in [0.05, 0.1) is 5.60 Å². The SMILES string of the molecule is Cc1ccc2oc(C(=O)N3[C@@H]4CC[C@@H]3CC(O)(c3ccc5c(c3)OCO5)C4)c(C)c2c1. The van der Waals surface area contributed by atoms with Crippen molar-refractivity contribution in [2.45, 2.75) is 57.2 Å². The maximum absolute atomic E-state index is 13.6. The van der Waals surface area contributed by atoms with Gasteiger partial charge in [-0.15, -0.1) is 0 Å². The predicted octanol–water partition coefficient (Wildman–Crippen LogP) is 4.43. The smallest absolute Gasteiger partial charge is 0.290 e. The monoisotopic (exact) mass is 419 g/mol. The Bertz CT molecular complexity index is 1200. The number of amides is 1. The van der Waals surface area contributed by atoms with Gasteiger partial charge in [0.1, 0.15) is 5.58 Å². The van der Waals surface area contributed by atoms with E-state index in [1.54, 1.807) is 0 Å². The summed E-state index contributed by atoms with van der Waals surface area (Å²) in [5.74, 6) is 1.74. The molecule has 6 rings (SSSR count). The standard InChI is InChI=1S/C25H25NO5/c1-14-3-7-20-19(9-14)15(2)23(31-20)24(27)26-17-5-6-18(26)12-25(28,11-17)16-4-8-21-22(10-16)30-13-29-21/h3-4,7-10,17-18,28H,5-6,11-13H2,1-2H3/t17-,18-/m1/s1. The summed E-state index contributed by atoms with van der Waals surface area (Å²) in [6, 6.07) is 11.6. The lowest BCUT2D eigenvalue weighted by molar-refractivity contribution is -0.0486. The van der Waals surface area contributed by atoms with E-state index in [4.69, 9.17) is 13.9 Å². The summed E-state index contributed by atoms with van der Waals surface area (Å²) in [6.45, 7) is 4.20. The van der Waals surface area contributed by atoms with Crippen molar-refractivity contribution >= 4 is 16.9 Å². The summed E-state index contributed by atoms with van der Waals surface area (Å²) in [7, 11) is 0. The molecule has 3 aromatic rings. The quantitative estimate of drug-likeness (QED) is 0.665. The van der Waals surface area contributed by atoms with E-state index in [2.05, 4.69) is 6.07 Å². The topological polar surface area (TPSA) is 72.1 Å². The van der Waals surface area contributed by atoms with Gasteiger partial charge in [0.2, 0.25) is 6.79 Å². The second-order valence-electron chi connectivity index (χ2n) is 9.16. The fourth-order valence-corrected chi connectivity index (χ4v) is 5.63. The molecule has 0 aliphatic carbocycles. The minimum atomic E-state index is -0.983. The number of piperidine rings is 1. The van der Waals surface area contributed by atoms with Gasteiger partial charge in [-0.3, -0.25) is 4.79 Å². The summed E-state index contributed by atoms with van der Waals surface area (Å²) >= 11 is 0. The normalized spacial score (nSPS) is 26.6. The number of aryl methyl sites for hydroxylation is 2. The van der Waals surface area contributed by atoms with Gasteiger partial charge in [-0.1, -0.05) is 17.7 Å². The van der Waals surface area contributed by atoms with Crippen LogP contribution in [0.25, 0.3) is 11.0 Å². The number of ether oxygens (including phenoxy) is 2. The minimum Gasteiger partial charge on any atom is -0.454 e. The highest BCUT2D eigenvalue weighted by Crippen LogP contribution is 2.48. The number of nitrogens with zero attached hydrogens (tertiary/aromatic N) is 1. The number of benzene rings is 2. The van der Waals surface area contributed by atoms with Crippen LogP contribution >= 0.6 is 0 Å². The number of furan rings is 1. The Hall–Kier alpha value is -2.99. The molecule has 2 aromatic carbocycles. The molecule has 0 spiro atoms. The van der Waals surface area contributed by atoms with E-state index in [0.29, 0.717) is 30.1 Å². The molecule has 160 valence electrons. The van der Waals surface area contributed by atoms with E-state index in [-0.39, 0.29) is 24.8 Å². The zero-order valence-electron chi connectivity index (χ0n) is 17.7. The molecule has 6 heteroatoms. The van der Waals surface area contributed by atoms with Crippen molar-refractivity contribution in [3.63, 3.8) is 0 Å². The molecule has 1 amide bonds. The van der Waals surface area contributed by atoms with Crippen molar-refractivity contribution in [1.29, 1.82) is 0 Å². The van der Waals surface area contributed by atoms with E-state index < -0.39 is 5.60 Å². The van der Waals surface area contributed by atoms with Gasteiger partial charge in [-0.2, -0.15) is 0 Å². The van der Waals surface area contributed by atoms with Crippen LogP contribution in [0.15, 0.2) is 40.8 Å². The maximum atomic E-state index is 13.6. The molecule has 6 nitrogen and oxygen atoms in total. The van der Waals surface area contributed by atoms with E-state index in [1.165, 1.54) is 0 Å². The number of fused-ring (bicyclic) bond motifs is 4. The van der Waals surface area contributed by atoms with Crippen LogP contribution in [0.2, 0.25) is 0 Å². The van der Waals surface area contributed by atoms with E-state index in [0.717, 1.165) is 40.5 Å². The highest BCUT2D eigenvalue weighted by molar-refractivity contribution is 5.99. The fraction of sp³-hybridized carbons (Fsp3) is 0.400. The van der Waals surface area contributed by atoms with Crippen LogP contribution in [-0.2, 0) is 5.60 Å². The first-order valence-electron chi connectivity index (χ1n) is 10.9. The highest BCUT2D eigenvalue weighted by atomic mass is 16.7. The number of rotatable bonds is 2. The van der Waals surface area contributed by atoms with Gasteiger partial charge in [0.15, 0.2) is 17.3 Å². The second kappa shape index (κ2) is 6.50. The molecule has 0 radical (unpaired) electrons. The molecule has 31 heavy (non-hydrogen) atoms.